The van der Waals surface area contributed by atoms with Crippen molar-refractivity contribution in [3.05, 3.63) is 54.0 Å². The number of likely N-dealkylation sites (tertiary alicyclic amines) is 1. The third-order valence-electron chi connectivity index (χ3n) is 5.32. The molecule has 1 fully saturated rings. The molecule has 1 atom stereocenters. The molecular formula is C21H25N5O2. The van der Waals surface area contributed by atoms with Gasteiger partial charge in [0.15, 0.2) is 0 Å². The molecule has 0 bridgehead atoms. The average molecular weight is 379 g/mol. The first-order valence-corrected chi connectivity index (χ1v) is 9.72. The van der Waals surface area contributed by atoms with Crippen LogP contribution in [0.15, 0.2) is 42.6 Å². The third kappa shape index (κ3) is 3.93. The van der Waals surface area contributed by atoms with E-state index in [1.165, 1.54) is 12.3 Å². The van der Waals surface area contributed by atoms with Crippen molar-refractivity contribution in [2.75, 3.05) is 19.6 Å². The largest absolute Gasteiger partial charge is 0.356 e. The van der Waals surface area contributed by atoms with Crippen LogP contribution in [0.2, 0.25) is 0 Å². The van der Waals surface area contributed by atoms with Crippen molar-refractivity contribution in [1.82, 2.24) is 25.0 Å². The van der Waals surface area contributed by atoms with Crippen molar-refractivity contribution in [3.8, 4) is 0 Å². The summed E-state index contributed by atoms with van der Waals surface area (Å²) in [5.74, 6) is 0.219. The van der Waals surface area contributed by atoms with Crippen LogP contribution >= 0.6 is 0 Å². The maximum absolute atomic E-state index is 12.9. The van der Waals surface area contributed by atoms with E-state index < -0.39 is 0 Å². The molecular weight excluding hydrogens is 354 g/mol. The molecule has 0 unspecified atom stereocenters. The Morgan fingerprint density at radius 2 is 2.14 bits per heavy atom. The number of carbonyl (C=O) groups excluding carboxylic acids is 2. The van der Waals surface area contributed by atoms with Crippen LogP contribution in [0, 0.1) is 5.92 Å². The second-order valence-corrected chi connectivity index (χ2v) is 7.48. The number of benzene rings is 1. The number of rotatable bonds is 5. The number of para-hydroxylation sites is 1. The minimum absolute atomic E-state index is 0.0297. The van der Waals surface area contributed by atoms with Crippen molar-refractivity contribution in [1.29, 1.82) is 0 Å². The van der Waals surface area contributed by atoms with Crippen LogP contribution < -0.4 is 5.32 Å². The van der Waals surface area contributed by atoms with Crippen LogP contribution in [0.3, 0.4) is 0 Å². The van der Waals surface area contributed by atoms with Gasteiger partial charge in [-0.2, -0.15) is 5.10 Å². The van der Waals surface area contributed by atoms with Gasteiger partial charge in [-0.05, 0) is 42.3 Å². The number of nitrogens with one attached hydrogen (secondary N) is 2. The van der Waals surface area contributed by atoms with E-state index in [0.717, 1.165) is 30.6 Å². The Morgan fingerprint density at radius 1 is 1.29 bits per heavy atom. The fraction of sp³-hybridized carbons (Fsp3) is 0.381. The van der Waals surface area contributed by atoms with Gasteiger partial charge in [-0.3, -0.25) is 14.7 Å². The lowest BCUT2D eigenvalue weighted by Gasteiger charge is -2.32. The lowest BCUT2D eigenvalue weighted by Crippen LogP contribution is -2.43. The molecule has 0 aliphatic carbocycles. The molecule has 4 rings (SSSR count). The van der Waals surface area contributed by atoms with Crippen LogP contribution in [-0.4, -0.2) is 51.1 Å². The number of H-pyrrole nitrogens is 1. The first-order chi connectivity index (χ1) is 13.6. The number of fused-ring (bicyclic) bond motifs is 1. The third-order valence-corrected chi connectivity index (χ3v) is 5.32. The Hall–Kier alpha value is -3.09. The Morgan fingerprint density at radius 3 is 3.00 bits per heavy atom. The summed E-state index contributed by atoms with van der Waals surface area (Å²) in [5, 5.41) is 11.3. The van der Waals surface area contributed by atoms with Crippen LogP contribution in [0.1, 0.15) is 35.9 Å². The summed E-state index contributed by atoms with van der Waals surface area (Å²) in [5.41, 5.74) is 2.50. The van der Waals surface area contributed by atoms with Crippen LogP contribution in [0.5, 0.6) is 0 Å². The molecule has 2 N–H and O–H groups in total. The predicted molar refractivity (Wildman–Crippen MR) is 107 cm³/mol. The smallest absolute Gasteiger partial charge is 0.274 e. The lowest BCUT2D eigenvalue weighted by molar-refractivity contribution is -0.119. The standard InChI is InChI=1S/C21H25N5O2/c1-15(27)22-12-16-5-4-9-26(13-16)21(28)19-11-18(23-24-19)14-25-10-8-17-6-2-3-7-20(17)25/h2-3,6-8,10-11,16H,4-5,9,12-14H2,1H3,(H,22,27)(H,23,24)/t16-/m1/s1. The highest BCUT2D eigenvalue weighted by Gasteiger charge is 2.26. The van der Waals surface area contributed by atoms with Gasteiger partial charge in [0.25, 0.3) is 5.91 Å². The number of hydrogen-bond donors (Lipinski definition) is 2. The Kier molecular flexibility index (Phi) is 5.14. The maximum atomic E-state index is 12.9. The second kappa shape index (κ2) is 7.88. The fourth-order valence-electron chi connectivity index (χ4n) is 3.88. The molecule has 1 aliphatic heterocycles. The molecule has 28 heavy (non-hydrogen) atoms. The molecule has 2 aromatic heterocycles. The molecule has 2 amide bonds. The van der Waals surface area contributed by atoms with E-state index in [4.69, 9.17) is 0 Å². The minimum atomic E-state index is -0.0487. The zero-order chi connectivity index (χ0) is 19.5. The number of aromatic amines is 1. The molecule has 0 spiro atoms. The SMILES string of the molecule is CC(=O)NC[C@H]1CCCN(C(=O)c2cc(Cn3ccc4ccccc43)[nH]n2)C1. The summed E-state index contributed by atoms with van der Waals surface area (Å²) in [7, 11) is 0. The molecule has 3 heterocycles. The molecule has 3 aromatic rings. The summed E-state index contributed by atoms with van der Waals surface area (Å²) in [6.45, 7) is 4.17. The van der Waals surface area contributed by atoms with Gasteiger partial charge < -0.3 is 14.8 Å². The van der Waals surface area contributed by atoms with E-state index in [-0.39, 0.29) is 11.8 Å². The number of aromatic nitrogens is 3. The number of piperidine rings is 1. The zero-order valence-electron chi connectivity index (χ0n) is 16.0. The molecule has 7 nitrogen and oxygen atoms in total. The predicted octanol–water partition coefficient (Wildman–Crippen LogP) is 2.40. The van der Waals surface area contributed by atoms with Gasteiger partial charge in [-0.1, -0.05) is 18.2 Å². The molecule has 0 radical (unpaired) electrons. The van der Waals surface area contributed by atoms with Crippen LogP contribution in [0.25, 0.3) is 10.9 Å². The quantitative estimate of drug-likeness (QED) is 0.714. The first-order valence-electron chi connectivity index (χ1n) is 9.72. The van der Waals surface area contributed by atoms with E-state index in [9.17, 15) is 9.59 Å². The van der Waals surface area contributed by atoms with Crippen molar-refractivity contribution in [2.24, 2.45) is 5.92 Å². The molecule has 1 saturated heterocycles. The van der Waals surface area contributed by atoms with E-state index in [1.54, 1.807) is 0 Å². The van der Waals surface area contributed by atoms with E-state index in [1.807, 2.05) is 29.3 Å². The Labute approximate surface area is 163 Å². The van der Waals surface area contributed by atoms with E-state index in [2.05, 4.69) is 38.3 Å². The highest BCUT2D eigenvalue weighted by atomic mass is 16.2. The van der Waals surface area contributed by atoms with Gasteiger partial charge in [-0.25, -0.2) is 0 Å². The highest BCUT2D eigenvalue weighted by Crippen LogP contribution is 2.19. The van der Waals surface area contributed by atoms with Gasteiger partial charge in [0.2, 0.25) is 5.91 Å². The van der Waals surface area contributed by atoms with Gasteiger partial charge in [0, 0.05) is 38.3 Å². The number of amides is 2. The fourth-order valence-corrected chi connectivity index (χ4v) is 3.88. The molecule has 7 heteroatoms. The summed E-state index contributed by atoms with van der Waals surface area (Å²) in [6, 6.07) is 12.1. The molecule has 0 saturated carbocycles. The second-order valence-electron chi connectivity index (χ2n) is 7.48. The van der Waals surface area contributed by atoms with Crippen LogP contribution in [-0.2, 0) is 11.3 Å². The van der Waals surface area contributed by atoms with Gasteiger partial charge in [-0.15, -0.1) is 0 Å². The summed E-state index contributed by atoms with van der Waals surface area (Å²) >= 11 is 0. The normalized spacial score (nSPS) is 17.0. The van der Waals surface area contributed by atoms with Gasteiger partial charge in [0.1, 0.15) is 5.69 Å². The average Bonchev–Trinajstić information content (AvgIpc) is 3.34. The van der Waals surface area contributed by atoms with Gasteiger partial charge in [0.05, 0.1) is 12.2 Å². The Bertz CT molecular complexity index is 990. The van der Waals surface area contributed by atoms with Gasteiger partial charge >= 0.3 is 0 Å². The maximum Gasteiger partial charge on any atom is 0.274 e. The minimum Gasteiger partial charge on any atom is -0.356 e. The topological polar surface area (TPSA) is 83.0 Å². The van der Waals surface area contributed by atoms with Crippen molar-refractivity contribution >= 4 is 22.7 Å². The lowest BCUT2D eigenvalue weighted by atomic mass is 9.97. The molecule has 1 aliphatic rings. The zero-order valence-corrected chi connectivity index (χ0v) is 16.0. The summed E-state index contributed by atoms with van der Waals surface area (Å²) < 4.78 is 2.14. The van der Waals surface area contributed by atoms with E-state index >= 15 is 0 Å². The molecule has 1 aromatic carbocycles. The summed E-state index contributed by atoms with van der Waals surface area (Å²) in [6.07, 6.45) is 4.02. The van der Waals surface area contributed by atoms with Crippen LogP contribution in [0.4, 0.5) is 0 Å². The van der Waals surface area contributed by atoms with Crippen molar-refractivity contribution in [2.45, 2.75) is 26.3 Å². The van der Waals surface area contributed by atoms with E-state index in [0.29, 0.717) is 31.2 Å². The number of nitrogens with zero attached hydrogens (tertiary/aromatic N) is 3. The monoisotopic (exact) mass is 379 g/mol. The van der Waals surface area contributed by atoms with Crippen molar-refractivity contribution in [3.63, 3.8) is 0 Å². The Balaban J connectivity index is 1.42. The number of carbonyl (C=O) groups is 2. The van der Waals surface area contributed by atoms with Crippen molar-refractivity contribution < 1.29 is 9.59 Å². The highest BCUT2D eigenvalue weighted by molar-refractivity contribution is 5.92. The number of hydrogen-bond acceptors (Lipinski definition) is 3. The molecule has 146 valence electrons. The first kappa shape index (κ1) is 18.3. The summed E-state index contributed by atoms with van der Waals surface area (Å²) in [4.78, 5) is 25.8.